The first-order chi connectivity index (χ1) is 19.1. The first-order valence-corrected chi connectivity index (χ1v) is 13.7. The summed E-state index contributed by atoms with van der Waals surface area (Å²) in [5.74, 6) is -0.426. The number of hydrogen-bond acceptors (Lipinski definition) is 18. The Morgan fingerprint density at radius 2 is 1.53 bits per heavy atom. The summed E-state index contributed by atoms with van der Waals surface area (Å²) in [6, 6.07) is 9.16. The van der Waals surface area contributed by atoms with Gasteiger partial charge in [-0.15, -0.1) is 10.2 Å². The minimum absolute atomic E-state index is 0. The summed E-state index contributed by atoms with van der Waals surface area (Å²) in [7, 11) is -5.02. The van der Waals surface area contributed by atoms with E-state index in [0.29, 0.717) is 35.2 Å². The average molecular weight is 717 g/mol. The molecule has 210 valence electrons. The van der Waals surface area contributed by atoms with Crippen LogP contribution >= 0.6 is 47.3 Å². The molecule has 0 bridgehead atoms. The van der Waals surface area contributed by atoms with E-state index >= 15 is 0 Å². The second kappa shape index (κ2) is 19.0. The van der Waals surface area contributed by atoms with E-state index in [1.165, 1.54) is 12.1 Å². The van der Waals surface area contributed by atoms with Crippen molar-refractivity contribution in [3.8, 4) is 5.75 Å². The van der Waals surface area contributed by atoms with Crippen molar-refractivity contribution in [2.24, 2.45) is 10.2 Å². The molecule has 0 saturated heterocycles. The summed E-state index contributed by atoms with van der Waals surface area (Å²) < 4.78 is 43.7. The molecule has 0 amide bonds. The van der Waals surface area contributed by atoms with Crippen LogP contribution in [-0.4, -0.2) is 33.0 Å². The number of anilines is 2. The molecule has 0 unspecified atom stereocenters. The van der Waals surface area contributed by atoms with Crippen molar-refractivity contribution in [1.82, 2.24) is 15.0 Å². The Labute approximate surface area is 327 Å². The summed E-state index contributed by atoms with van der Waals surface area (Å²) in [5, 5.41) is 49.1. The molecule has 4 rings (SSSR count). The number of aromatic nitrogens is 3. The molecule has 0 radical (unpaired) electrons. The summed E-state index contributed by atoms with van der Waals surface area (Å²) in [5.41, 5.74) is -0.307. The number of nitrogens with zero attached hydrogens (tertiary/aromatic N) is 5. The molecule has 0 atom stereocenters. The summed E-state index contributed by atoms with van der Waals surface area (Å²) in [6.45, 7) is 0. The van der Waals surface area contributed by atoms with Gasteiger partial charge in [-0.3, -0.25) is 10.1 Å². The third kappa shape index (κ3) is 11.4. The van der Waals surface area contributed by atoms with Crippen molar-refractivity contribution in [2.45, 2.75) is 14.7 Å². The van der Waals surface area contributed by atoms with Gasteiger partial charge in [0.25, 0.3) is 0 Å². The minimum atomic E-state index is -5.02. The smallest absolute Gasteiger partial charge is 0.744 e. The van der Waals surface area contributed by atoms with E-state index in [-0.39, 0.29) is 126 Å². The first kappa shape index (κ1) is 41.1. The third-order valence-corrected chi connectivity index (χ3v) is 7.06. The second-order valence-electron chi connectivity index (χ2n) is 7.05. The number of phenols is 1. The van der Waals surface area contributed by atoms with Gasteiger partial charge in [0.1, 0.15) is 21.5 Å². The van der Waals surface area contributed by atoms with Gasteiger partial charge in [-0.05, 0) is 71.1 Å². The van der Waals surface area contributed by atoms with Gasteiger partial charge in [-0.1, -0.05) is 0 Å². The van der Waals surface area contributed by atoms with Crippen LogP contribution in [-0.2, 0) is 28.9 Å². The van der Waals surface area contributed by atoms with Crippen LogP contribution in [0.3, 0.4) is 0 Å². The van der Waals surface area contributed by atoms with Crippen LogP contribution in [0.4, 0.5) is 23.0 Å². The van der Waals surface area contributed by atoms with E-state index < -0.39 is 26.5 Å². The summed E-state index contributed by atoms with van der Waals surface area (Å²) >= 11 is 12.3. The van der Waals surface area contributed by atoms with Crippen LogP contribution < -0.4 is 105 Å². The Morgan fingerprint density at radius 3 is 2.16 bits per heavy atom. The Hall–Kier alpha value is 0.0800. The van der Waals surface area contributed by atoms with Gasteiger partial charge in [0.05, 0.1) is 33.9 Å². The number of fused-ring (bicyclic) bond motifs is 1. The Balaban J connectivity index is 0.00000308. The van der Waals surface area contributed by atoms with Crippen molar-refractivity contribution in [3.63, 3.8) is 0 Å². The standard InChI is InChI=1S/C19H12Cl2N6O10S3.3Na/c20-17-23-18(21)25-19(24-17)22-9-1-3-11-8(5-9)6-13(39-37-35-30)15(16(11)28)27-26-12-7-10(38-36-34-29)2-4-14(12)40(31,32)33;;;/h1-7,28-30H,(H,31,32,33)(H,22,23,24,25);;;/q;3*+1/p-3. The molecule has 0 saturated carbocycles. The predicted molar refractivity (Wildman–Crippen MR) is 133 cm³/mol. The van der Waals surface area contributed by atoms with Crippen molar-refractivity contribution < 1.29 is 136 Å². The Kier molecular flexibility index (Phi) is 18.2. The van der Waals surface area contributed by atoms with Crippen molar-refractivity contribution in [3.05, 3.63) is 53.0 Å². The molecule has 4 aromatic rings. The van der Waals surface area contributed by atoms with Crippen LogP contribution in [0, 0.1) is 0 Å². The zero-order valence-corrected chi connectivity index (χ0v) is 31.8. The fraction of sp³-hybridized carbons (Fsp3) is 0. The maximum atomic E-state index is 11.7. The molecule has 1 heterocycles. The number of hydrogen-bond donors (Lipinski definition) is 2. The average Bonchev–Trinajstić information content (AvgIpc) is 2.89. The number of nitrogens with one attached hydrogen (secondary N) is 1. The molecule has 16 nitrogen and oxygen atoms in total. The molecule has 0 aliphatic rings. The maximum absolute atomic E-state index is 11.7. The van der Waals surface area contributed by atoms with Crippen LogP contribution in [0.15, 0.2) is 67.4 Å². The van der Waals surface area contributed by atoms with E-state index in [1.54, 1.807) is 12.1 Å². The zero-order valence-electron chi connectivity index (χ0n) is 21.9. The number of aromatic hydroxyl groups is 1. The third-order valence-electron chi connectivity index (χ3n) is 4.66. The van der Waals surface area contributed by atoms with E-state index in [2.05, 4.69) is 49.2 Å². The number of benzene rings is 3. The molecule has 0 aliphatic carbocycles. The molecular formula is C19H9Cl2N6Na3O10S3. The molecular weight excluding hydrogens is 708 g/mol. The SMILES string of the molecule is O=S(=O)([O-])c1ccc(SOO[O-])cc1N=Nc1c(SOO[O-])cc2cc(Nc3nc(Cl)nc(Cl)n3)ccc2c1O.[Na+].[Na+].[Na+]. The number of azo groups is 1. The van der Waals surface area contributed by atoms with Gasteiger partial charge >= 0.3 is 88.7 Å². The quantitative estimate of drug-likeness (QED) is 0.0368. The van der Waals surface area contributed by atoms with Crippen LogP contribution in [0.2, 0.25) is 10.6 Å². The fourth-order valence-corrected chi connectivity index (χ4v) is 4.98. The summed E-state index contributed by atoms with van der Waals surface area (Å²) in [4.78, 5) is 10.8. The number of phenolic OH excluding ortho intramolecular Hbond substituents is 1. The molecule has 0 fully saturated rings. The van der Waals surface area contributed by atoms with Crippen molar-refractivity contribution in [2.75, 3.05) is 5.32 Å². The molecule has 43 heavy (non-hydrogen) atoms. The summed E-state index contributed by atoms with van der Waals surface area (Å²) in [6.07, 6.45) is 0. The number of rotatable bonds is 11. The molecule has 1 aromatic heterocycles. The van der Waals surface area contributed by atoms with Crippen molar-refractivity contribution in [1.29, 1.82) is 0 Å². The van der Waals surface area contributed by atoms with Crippen LogP contribution in [0.1, 0.15) is 0 Å². The predicted octanol–water partition coefficient (Wildman–Crippen LogP) is -5.43. The van der Waals surface area contributed by atoms with E-state index in [9.17, 15) is 28.6 Å². The van der Waals surface area contributed by atoms with E-state index in [0.717, 1.165) is 18.2 Å². The Morgan fingerprint density at radius 1 is 0.884 bits per heavy atom. The second-order valence-corrected chi connectivity index (χ2v) is 10.6. The molecule has 0 aliphatic heterocycles. The largest absolute Gasteiger partial charge is 1.00 e. The first-order valence-electron chi connectivity index (χ1n) is 10.0. The minimum Gasteiger partial charge on any atom is -0.744 e. The molecule has 24 heteroatoms. The van der Waals surface area contributed by atoms with Gasteiger partial charge in [0.2, 0.25) is 16.5 Å². The normalized spacial score (nSPS) is 11.1. The van der Waals surface area contributed by atoms with Crippen LogP contribution in [0.25, 0.3) is 10.8 Å². The van der Waals surface area contributed by atoms with Crippen LogP contribution in [0.5, 0.6) is 5.75 Å². The monoisotopic (exact) mass is 716 g/mol. The molecule has 3 aromatic carbocycles. The van der Waals surface area contributed by atoms with Gasteiger partial charge in [-0.25, -0.2) is 8.42 Å². The number of halogens is 2. The molecule has 0 spiro atoms. The maximum Gasteiger partial charge on any atom is 1.00 e. The van der Waals surface area contributed by atoms with Crippen molar-refractivity contribution >= 4 is 91.2 Å². The topological polar surface area (TPSA) is 236 Å². The van der Waals surface area contributed by atoms with E-state index in [4.69, 9.17) is 23.2 Å². The van der Waals surface area contributed by atoms with Gasteiger partial charge in [-0.2, -0.15) is 23.6 Å². The Bertz CT molecular complexity index is 1700. The van der Waals surface area contributed by atoms with Gasteiger partial charge in [0.15, 0.2) is 5.75 Å². The van der Waals surface area contributed by atoms with E-state index in [1.807, 2.05) is 0 Å². The van der Waals surface area contributed by atoms with Gasteiger partial charge in [0, 0.05) is 16.0 Å². The fourth-order valence-electron chi connectivity index (χ4n) is 3.15. The molecule has 2 N–H and O–H groups in total. The zero-order chi connectivity index (χ0) is 28.9. The van der Waals surface area contributed by atoms with Gasteiger partial charge < -0.3 is 25.5 Å².